The predicted octanol–water partition coefficient (Wildman–Crippen LogP) is 3.60. The molecule has 2 N–H and O–H groups in total. The number of amides is 1. The first-order valence-corrected chi connectivity index (χ1v) is 15.3. The summed E-state index contributed by atoms with van der Waals surface area (Å²) in [6, 6.07) is 7.35. The van der Waals surface area contributed by atoms with Crippen molar-refractivity contribution in [3.8, 4) is 5.75 Å². The predicted molar refractivity (Wildman–Crippen MR) is 170 cm³/mol. The average Bonchev–Trinajstić information content (AvgIpc) is 3.64. The molecule has 4 aromatic heterocycles. The van der Waals surface area contributed by atoms with E-state index >= 15 is 4.39 Å². The number of piperazine rings is 1. The molecule has 244 valence electrons. The zero-order chi connectivity index (χ0) is 32.9. The van der Waals surface area contributed by atoms with Crippen LogP contribution in [0.2, 0.25) is 0 Å². The van der Waals surface area contributed by atoms with E-state index in [1.165, 1.54) is 22.8 Å². The highest BCUT2D eigenvalue weighted by atomic mass is 19.1. The number of anilines is 3. The molecule has 6 heterocycles. The van der Waals surface area contributed by atoms with Crippen molar-refractivity contribution in [2.24, 2.45) is 0 Å². The lowest BCUT2D eigenvalue weighted by atomic mass is 9.94. The number of aromatic carboxylic acids is 1. The van der Waals surface area contributed by atoms with Crippen LogP contribution in [0.15, 0.2) is 61.3 Å². The van der Waals surface area contributed by atoms with Crippen molar-refractivity contribution in [3.63, 3.8) is 0 Å². The van der Waals surface area contributed by atoms with Gasteiger partial charge in [-0.2, -0.15) is 5.10 Å². The summed E-state index contributed by atoms with van der Waals surface area (Å²) in [7, 11) is 0. The van der Waals surface area contributed by atoms with Crippen LogP contribution in [0.1, 0.15) is 34.6 Å². The van der Waals surface area contributed by atoms with Crippen LogP contribution in [0.5, 0.6) is 5.75 Å². The molecule has 0 radical (unpaired) electrons. The Balaban J connectivity index is 1.00. The van der Waals surface area contributed by atoms with Gasteiger partial charge in [-0.3, -0.25) is 9.69 Å². The molecule has 0 spiro atoms. The van der Waals surface area contributed by atoms with Gasteiger partial charge >= 0.3 is 5.97 Å². The van der Waals surface area contributed by atoms with Crippen molar-refractivity contribution in [2.45, 2.75) is 25.6 Å². The molecule has 0 unspecified atom stereocenters. The number of nitrogens with zero attached hydrogens (tertiary/aromatic N) is 8. The van der Waals surface area contributed by atoms with E-state index in [2.05, 4.69) is 25.2 Å². The number of pyridine rings is 1. The number of carbonyl (C=O) groups is 2. The second-order valence-electron chi connectivity index (χ2n) is 12.2. The van der Waals surface area contributed by atoms with Gasteiger partial charge in [0.05, 0.1) is 37.2 Å². The fourth-order valence-corrected chi connectivity index (χ4v) is 6.11. The van der Waals surface area contributed by atoms with Crippen LogP contribution < -0.4 is 19.9 Å². The normalized spacial score (nSPS) is 16.5. The van der Waals surface area contributed by atoms with Crippen molar-refractivity contribution in [3.05, 3.63) is 78.3 Å². The number of hydrogen-bond donors (Lipinski definition) is 2. The third kappa shape index (κ3) is 6.01. The van der Waals surface area contributed by atoms with Gasteiger partial charge in [0.15, 0.2) is 11.3 Å². The molecule has 0 atom stereocenters. The van der Waals surface area contributed by atoms with Crippen LogP contribution in [0, 0.1) is 5.82 Å². The first-order valence-electron chi connectivity index (χ1n) is 15.3. The number of hydrogen-bond acceptors (Lipinski definition) is 9. The van der Waals surface area contributed by atoms with Crippen molar-refractivity contribution in [2.75, 3.05) is 60.9 Å². The highest BCUT2D eigenvalue weighted by Gasteiger charge is 2.45. The Morgan fingerprint density at radius 3 is 2.62 bits per heavy atom. The van der Waals surface area contributed by atoms with E-state index in [1.54, 1.807) is 35.6 Å². The summed E-state index contributed by atoms with van der Waals surface area (Å²) < 4.78 is 38.8. The molecular formula is C32H33F2N9O4. The van der Waals surface area contributed by atoms with Gasteiger partial charge < -0.3 is 29.4 Å². The zero-order valence-corrected chi connectivity index (χ0v) is 25.8. The highest BCUT2D eigenvalue weighted by Crippen LogP contribution is 2.34. The number of fused-ring (bicyclic) bond motifs is 2. The first kappa shape index (κ1) is 30.3. The molecule has 2 fully saturated rings. The number of halogens is 2. The van der Waals surface area contributed by atoms with E-state index in [9.17, 15) is 19.1 Å². The van der Waals surface area contributed by atoms with Gasteiger partial charge in [0.2, 0.25) is 0 Å². The third-order valence-corrected chi connectivity index (χ3v) is 8.37. The maximum absolute atomic E-state index is 15.6. The lowest BCUT2D eigenvalue weighted by Crippen LogP contribution is -2.65. The molecular weight excluding hydrogens is 612 g/mol. The minimum absolute atomic E-state index is 0.109. The number of nitrogens with one attached hydrogen (secondary N) is 1. The summed E-state index contributed by atoms with van der Waals surface area (Å²) in [6.45, 7) is 6.83. The third-order valence-electron chi connectivity index (χ3n) is 8.37. The summed E-state index contributed by atoms with van der Waals surface area (Å²) in [5, 5.41) is 16.3. The lowest BCUT2D eigenvalue weighted by Gasteiger charge is -2.49. The van der Waals surface area contributed by atoms with Crippen molar-refractivity contribution in [1.29, 1.82) is 0 Å². The number of carboxylic acid groups (broad SMARTS) is 1. The second kappa shape index (κ2) is 11.8. The standard InChI is InChI=1S/C32H33F2N9O4/c1-20(2)47-26-13-27-38-28(16-41(27)15-25(26)37-30(44)23-14-36-43-7-3-6-35-29(23)43)40-10-8-39(9-11-40)17-32(34)18-42(19-32)21-4-5-24(33)22(12-21)31(45)46/h3-7,12-16,20H,8-11,17-19H2,1-2H3,(H,37,44)(H,45,46). The zero-order valence-electron chi connectivity index (χ0n) is 25.8. The maximum Gasteiger partial charge on any atom is 0.338 e. The maximum atomic E-state index is 15.6. The molecule has 47 heavy (non-hydrogen) atoms. The lowest BCUT2D eigenvalue weighted by molar-refractivity contribution is 0.0613. The summed E-state index contributed by atoms with van der Waals surface area (Å²) in [5.41, 5.74) is 0.518. The molecule has 7 rings (SSSR count). The van der Waals surface area contributed by atoms with Crippen LogP contribution >= 0.6 is 0 Å². The fourth-order valence-electron chi connectivity index (χ4n) is 6.11. The van der Waals surface area contributed by atoms with E-state index in [0.717, 1.165) is 11.9 Å². The van der Waals surface area contributed by atoms with Crippen LogP contribution in [0.4, 0.5) is 26.0 Å². The summed E-state index contributed by atoms with van der Waals surface area (Å²) in [6.07, 6.45) is 8.32. The van der Waals surface area contributed by atoms with Gasteiger partial charge in [0, 0.05) is 63.1 Å². The van der Waals surface area contributed by atoms with Crippen molar-refractivity contribution < 1.29 is 28.2 Å². The highest BCUT2D eigenvalue weighted by molar-refractivity contribution is 6.08. The number of imidazole rings is 1. The van der Waals surface area contributed by atoms with Crippen molar-refractivity contribution in [1.82, 2.24) is 28.9 Å². The SMILES string of the molecule is CC(C)Oc1cc2nc(N3CCN(CC4(F)CN(c5ccc(F)c(C(=O)O)c5)C4)CC3)cn2cc1NC(=O)c1cnn2cccnc12. The summed E-state index contributed by atoms with van der Waals surface area (Å²) in [5.74, 6) is -1.30. The minimum atomic E-state index is -1.45. The van der Waals surface area contributed by atoms with E-state index < -0.39 is 23.0 Å². The monoisotopic (exact) mass is 645 g/mol. The Morgan fingerprint density at radius 2 is 1.87 bits per heavy atom. The Kier molecular flexibility index (Phi) is 7.62. The molecule has 2 aliphatic rings. The Hall–Kier alpha value is -5.31. The quantitative estimate of drug-likeness (QED) is 0.245. The minimum Gasteiger partial charge on any atom is -0.489 e. The number of alkyl halides is 1. The molecule has 2 aliphatic heterocycles. The van der Waals surface area contributed by atoms with Crippen molar-refractivity contribution >= 4 is 40.4 Å². The van der Waals surface area contributed by atoms with Gasteiger partial charge in [-0.25, -0.2) is 28.1 Å². The van der Waals surface area contributed by atoms with Gasteiger partial charge in [0.1, 0.15) is 34.3 Å². The van der Waals surface area contributed by atoms with Crippen LogP contribution in [-0.2, 0) is 0 Å². The molecule has 0 aliphatic carbocycles. The Morgan fingerprint density at radius 1 is 1.09 bits per heavy atom. The van der Waals surface area contributed by atoms with Gasteiger partial charge in [-0.05, 0) is 38.1 Å². The smallest absolute Gasteiger partial charge is 0.338 e. The molecule has 0 saturated carbocycles. The molecule has 13 nitrogen and oxygen atoms in total. The number of aromatic nitrogens is 5. The second-order valence-corrected chi connectivity index (χ2v) is 12.2. The number of ether oxygens (including phenoxy) is 1. The van der Waals surface area contributed by atoms with Crippen LogP contribution in [-0.4, -0.2) is 103 Å². The topological polar surface area (TPSA) is 133 Å². The number of rotatable bonds is 9. The summed E-state index contributed by atoms with van der Waals surface area (Å²) >= 11 is 0. The molecule has 0 bridgehead atoms. The van der Waals surface area contributed by atoms with Crippen LogP contribution in [0.25, 0.3) is 11.3 Å². The molecule has 5 aromatic rings. The van der Waals surface area contributed by atoms with E-state index in [0.29, 0.717) is 60.2 Å². The Bertz CT molecular complexity index is 1980. The number of carbonyl (C=O) groups excluding carboxylic acids is 1. The van der Waals surface area contributed by atoms with Gasteiger partial charge in [-0.1, -0.05) is 0 Å². The van der Waals surface area contributed by atoms with E-state index in [4.69, 9.17) is 9.72 Å². The molecule has 2 saturated heterocycles. The van der Waals surface area contributed by atoms with Gasteiger partial charge in [-0.15, -0.1) is 0 Å². The molecule has 15 heteroatoms. The first-order chi connectivity index (χ1) is 22.5. The van der Waals surface area contributed by atoms with E-state index in [1.807, 2.05) is 24.4 Å². The number of carboxylic acids is 1. The average molecular weight is 646 g/mol. The van der Waals surface area contributed by atoms with Crippen LogP contribution in [0.3, 0.4) is 0 Å². The van der Waals surface area contributed by atoms with Gasteiger partial charge in [0.25, 0.3) is 5.91 Å². The summed E-state index contributed by atoms with van der Waals surface area (Å²) in [4.78, 5) is 39.6. The van der Waals surface area contributed by atoms with E-state index in [-0.39, 0.29) is 31.6 Å². The Labute approximate surface area is 268 Å². The largest absolute Gasteiger partial charge is 0.489 e. The fraction of sp³-hybridized carbons (Fsp3) is 0.344. The molecule has 1 amide bonds. The number of benzene rings is 1. The molecule has 1 aromatic carbocycles.